The Morgan fingerprint density at radius 2 is 2.22 bits per heavy atom. The number of phenols is 1. The maximum Gasteiger partial charge on any atom is 0.246 e. The van der Waals surface area contributed by atoms with Crippen molar-refractivity contribution in [2.75, 3.05) is 27.2 Å². The number of ether oxygens (including phenoxy) is 2. The molecule has 2 aromatic rings. The minimum absolute atomic E-state index is 0.000344. The number of likely N-dealkylation sites (tertiary alicyclic amines) is 1. The smallest absolute Gasteiger partial charge is 0.246 e. The average molecular weight is 493 g/mol. The molecule has 7 nitrogen and oxygen atoms in total. The van der Waals surface area contributed by atoms with Gasteiger partial charge in [-0.25, -0.2) is 0 Å². The Labute approximate surface area is 212 Å². The Balaban J connectivity index is 1.44. The maximum atomic E-state index is 13.7. The lowest BCUT2D eigenvalue weighted by Crippen LogP contribution is -2.68. The van der Waals surface area contributed by atoms with Crippen LogP contribution >= 0.6 is 0 Å². The summed E-state index contributed by atoms with van der Waals surface area (Å²) >= 11 is 0. The molecule has 192 valence electrons. The van der Waals surface area contributed by atoms with E-state index in [4.69, 9.17) is 13.9 Å². The van der Waals surface area contributed by atoms with E-state index in [1.54, 1.807) is 31.8 Å². The van der Waals surface area contributed by atoms with Crippen molar-refractivity contribution < 1.29 is 23.8 Å². The Kier molecular flexibility index (Phi) is 5.59. The molecule has 0 radical (unpaired) electrons. The quantitative estimate of drug-likeness (QED) is 0.609. The van der Waals surface area contributed by atoms with Gasteiger partial charge in [0.2, 0.25) is 5.91 Å². The molecular formula is C29H36N2O5. The first kappa shape index (κ1) is 23.5. The van der Waals surface area contributed by atoms with Crippen molar-refractivity contribution in [2.24, 2.45) is 11.8 Å². The van der Waals surface area contributed by atoms with Crippen molar-refractivity contribution in [1.82, 2.24) is 9.80 Å². The van der Waals surface area contributed by atoms with Crippen LogP contribution in [0.3, 0.4) is 0 Å². The number of carbonyl (C=O) groups excluding carboxylic acids is 1. The molecule has 1 saturated heterocycles. The van der Waals surface area contributed by atoms with Gasteiger partial charge in [-0.3, -0.25) is 4.79 Å². The van der Waals surface area contributed by atoms with E-state index < -0.39 is 0 Å². The van der Waals surface area contributed by atoms with Crippen molar-refractivity contribution >= 4 is 12.0 Å². The molecule has 7 heteroatoms. The molecule has 1 aromatic heterocycles. The zero-order valence-electron chi connectivity index (χ0n) is 21.6. The summed E-state index contributed by atoms with van der Waals surface area (Å²) < 4.78 is 17.7. The second-order valence-electron chi connectivity index (χ2n) is 11.4. The molecule has 5 atom stereocenters. The second kappa shape index (κ2) is 8.58. The lowest BCUT2D eigenvalue weighted by atomic mass is 9.51. The van der Waals surface area contributed by atoms with Crippen molar-refractivity contribution in [3.63, 3.8) is 0 Å². The van der Waals surface area contributed by atoms with Gasteiger partial charge in [0.15, 0.2) is 11.5 Å². The Morgan fingerprint density at radius 3 is 2.94 bits per heavy atom. The highest BCUT2D eigenvalue weighted by atomic mass is 16.5. The first-order valence-corrected chi connectivity index (χ1v) is 13.2. The van der Waals surface area contributed by atoms with Gasteiger partial charge < -0.3 is 28.8 Å². The Hall–Kier alpha value is -2.93. The van der Waals surface area contributed by atoms with Gasteiger partial charge in [0, 0.05) is 46.8 Å². The van der Waals surface area contributed by atoms with Crippen LogP contribution in [0.15, 0.2) is 35.2 Å². The molecule has 2 fully saturated rings. The van der Waals surface area contributed by atoms with E-state index in [1.807, 2.05) is 17.0 Å². The molecule has 36 heavy (non-hydrogen) atoms. The number of piperidine rings is 1. The van der Waals surface area contributed by atoms with E-state index >= 15 is 0 Å². The molecule has 1 saturated carbocycles. The number of amides is 1. The number of carbonyl (C=O) groups is 1. The van der Waals surface area contributed by atoms with Crippen LogP contribution in [0.1, 0.15) is 49.8 Å². The lowest BCUT2D eigenvalue weighted by Gasteiger charge is -2.60. The zero-order valence-corrected chi connectivity index (χ0v) is 21.6. The molecule has 2 aliphatic heterocycles. The number of methoxy groups -OCH3 is 1. The van der Waals surface area contributed by atoms with Gasteiger partial charge in [0.05, 0.1) is 25.7 Å². The van der Waals surface area contributed by atoms with Gasteiger partial charge in [-0.1, -0.05) is 13.8 Å². The van der Waals surface area contributed by atoms with Crippen molar-refractivity contribution in [3.05, 3.63) is 47.4 Å². The summed E-state index contributed by atoms with van der Waals surface area (Å²) in [6, 6.07) is 3.86. The van der Waals surface area contributed by atoms with Gasteiger partial charge in [0.25, 0.3) is 0 Å². The van der Waals surface area contributed by atoms with Crippen molar-refractivity contribution in [3.8, 4) is 17.2 Å². The van der Waals surface area contributed by atoms with E-state index in [-0.39, 0.29) is 23.5 Å². The number of likely N-dealkylation sites (N-methyl/N-ethyl adjacent to an activating group) is 1. The largest absolute Gasteiger partial charge is 0.508 e. The summed E-state index contributed by atoms with van der Waals surface area (Å²) in [4.78, 5) is 18.2. The molecule has 4 aliphatic rings. The number of aromatic hydroxyl groups is 1. The molecule has 2 bridgehead atoms. The maximum absolute atomic E-state index is 13.7. The number of hydrogen-bond acceptors (Lipinski definition) is 6. The van der Waals surface area contributed by atoms with Crippen LogP contribution in [0.5, 0.6) is 17.2 Å². The predicted octanol–water partition coefficient (Wildman–Crippen LogP) is 4.23. The minimum Gasteiger partial charge on any atom is -0.508 e. The molecule has 6 rings (SSSR count). The van der Waals surface area contributed by atoms with Gasteiger partial charge in [-0.15, -0.1) is 0 Å². The third-order valence-corrected chi connectivity index (χ3v) is 9.08. The molecule has 1 spiro atoms. The summed E-state index contributed by atoms with van der Waals surface area (Å²) in [7, 11) is 3.83. The fourth-order valence-electron chi connectivity index (χ4n) is 7.65. The Morgan fingerprint density at radius 1 is 1.39 bits per heavy atom. The van der Waals surface area contributed by atoms with E-state index in [9.17, 15) is 9.90 Å². The molecule has 1 aromatic carbocycles. The summed E-state index contributed by atoms with van der Waals surface area (Å²) in [5.41, 5.74) is 2.80. The number of hydrogen-bond donors (Lipinski definition) is 1. The van der Waals surface area contributed by atoms with Crippen molar-refractivity contribution in [1.29, 1.82) is 0 Å². The fourth-order valence-corrected chi connectivity index (χ4v) is 7.65. The van der Waals surface area contributed by atoms with Crippen LogP contribution in [-0.2, 0) is 16.6 Å². The number of furan rings is 1. The average Bonchev–Trinajstić information content (AvgIpc) is 3.50. The minimum atomic E-state index is -0.223. The Bertz CT molecular complexity index is 1190. The number of nitrogens with zero attached hydrogens (tertiary/aromatic N) is 2. The number of phenolic OH excluding ortho intramolecular Hbond substituents is 1. The molecule has 0 unspecified atom stereocenters. The van der Waals surface area contributed by atoms with Crippen LogP contribution in [0.4, 0.5) is 0 Å². The summed E-state index contributed by atoms with van der Waals surface area (Å²) in [5.74, 6) is 2.41. The van der Waals surface area contributed by atoms with Crippen LogP contribution in [0.2, 0.25) is 0 Å². The number of rotatable bonds is 6. The molecule has 1 amide bonds. The highest BCUT2D eigenvalue weighted by Crippen LogP contribution is 2.65. The van der Waals surface area contributed by atoms with Gasteiger partial charge in [0.1, 0.15) is 11.9 Å². The monoisotopic (exact) mass is 492 g/mol. The van der Waals surface area contributed by atoms with E-state index in [0.29, 0.717) is 35.9 Å². The van der Waals surface area contributed by atoms with Gasteiger partial charge in [-0.05, 0) is 63.3 Å². The van der Waals surface area contributed by atoms with Gasteiger partial charge >= 0.3 is 0 Å². The topological polar surface area (TPSA) is 75.4 Å². The summed E-state index contributed by atoms with van der Waals surface area (Å²) in [6.07, 6.45) is 10.3. The lowest BCUT2D eigenvalue weighted by molar-refractivity contribution is -0.138. The molecule has 1 N–H and O–H groups in total. The summed E-state index contributed by atoms with van der Waals surface area (Å²) in [6.45, 7) is 5.94. The third-order valence-electron chi connectivity index (χ3n) is 9.08. The molecular weight excluding hydrogens is 456 g/mol. The third kappa shape index (κ3) is 3.31. The van der Waals surface area contributed by atoms with E-state index in [1.165, 1.54) is 0 Å². The van der Waals surface area contributed by atoms with Crippen LogP contribution in [0, 0.1) is 11.8 Å². The summed E-state index contributed by atoms with van der Waals surface area (Å²) in [5, 5.41) is 11.0. The van der Waals surface area contributed by atoms with Crippen LogP contribution in [0.25, 0.3) is 6.08 Å². The predicted molar refractivity (Wildman–Crippen MR) is 136 cm³/mol. The molecule has 2 aliphatic carbocycles. The van der Waals surface area contributed by atoms with Crippen LogP contribution < -0.4 is 9.47 Å². The van der Waals surface area contributed by atoms with Gasteiger partial charge in [-0.2, -0.15) is 0 Å². The SMILES string of the molecule is COc1cc(O)c2c3c1O[C@@H]1[C@H](N(CC(C)C)C(=O)C=Cc4ccoc4)CC[C@H]4[C@@H](C2)N(C)CC[C@]314. The fraction of sp³-hybridized carbons (Fsp3) is 0.552. The van der Waals surface area contributed by atoms with Crippen LogP contribution in [-0.4, -0.2) is 66.2 Å². The molecule has 3 heterocycles. The highest BCUT2D eigenvalue weighted by molar-refractivity contribution is 5.92. The normalized spacial score (nSPS) is 30.4. The highest BCUT2D eigenvalue weighted by Gasteiger charge is 2.66. The second-order valence-corrected chi connectivity index (χ2v) is 11.4. The zero-order chi connectivity index (χ0) is 25.2. The first-order valence-electron chi connectivity index (χ1n) is 13.2. The first-order chi connectivity index (χ1) is 17.3. The number of benzene rings is 1. The van der Waals surface area contributed by atoms with E-state index in [2.05, 4.69) is 25.8 Å². The van der Waals surface area contributed by atoms with Crippen molar-refractivity contribution in [2.45, 2.75) is 63.1 Å². The van der Waals surface area contributed by atoms with E-state index in [0.717, 1.165) is 54.7 Å². The standard InChI is InChI=1S/C29H36N2O5/c1-17(2)15-31(25(33)8-5-18-9-12-35-16-18)21-7-6-20-22-13-19-23(32)14-24(34-4)27-26(19)29(20,28(21)36-27)10-11-30(22)3/h5,8-9,12,14,16-17,20-22,28,32H,6-7,10-11,13,15H2,1-4H3/t20-,21+,22+,28+,29-/m0/s1.